The molecule has 1 saturated carbocycles. The number of aliphatic imine (C=N–C) groups is 1. The van der Waals surface area contributed by atoms with Gasteiger partial charge in [-0.1, -0.05) is 5.92 Å². The summed E-state index contributed by atoms with van der Waals surface area (Å²) in [6.45, 7) is 2.47. The topological polar surface area (TPSA) is 65.0 Å². The highest BCUT2D eigenvalue weighted by molar-refractivity contribution is 9.10. The highest BCUT2D eigenvalue weighted by atomic mass is 79.9. The molecule has 0 spiro atoms. The van der Waals surface area contributed by atoms with E-state index in [2.05, 4.69) is 21.9 Å². The zero-order valence-corrected chi connectivity index (χ0v) is 18.6. The van der Waals surface area contributed by atoms with E-state index < -0.39 is 0 Å². The number of Topliss-reactive ketones (excluding diaryl/α,β-unsaturated/α-hetero) is 2. The van der Waals surface area contributed by atoms with E-state index in [1.54, 1.807) is 0 Å². The lowest BCUT2D eigenvalue weighted by Crippen LogP contribution is -2.39. The third kappa shape index (κ3) is 3.72. The van der Waals surface area contributed by atoms with Crippen LogP contribution in [0.2, 0.25) is 0 Å². The summed E-state index contributed by atoms with van der Waals surface area (Å²) in [5, 5.41) is 0. The Morgan fingerprint density at radius 2 is 1.93 bits per heavy atom. The van der Waals surface area contributed by atoms with Crippen LogP contribution in [0.1, 0.15) is 56.9 Å². The lowest BCUT2D eigenvalue weighted by atomic mass is 9.67. The average Bonchev–Trinajstić information content (AvgIpc) is 2.72. The van der Waals surface area contributed by atoms with Gasteiger partial charge in [0.25, 0.3) is 0 Å². The van der Waals surface area contributed by atoms with Crippen molar-refractivity contribution in [3.63, 3.8) is 0 Å². The fourth-order valence-corrected chi connectivity index (χ4v) is 5.32. The smallest absolute Gasteiger partial charge is 0.176 e. The van der Waals surface area contributed by atoms with Crippen molar-refractivity contribution < 1.29 is 19.1 Å². The molecule has 0 bridgehead atoms. The van der Waals surface area contributed by atoms with Gasteiger partial charge in [0.05, 0.1) is 17.0 Å². The number of hydrogen-bond donors (Lipinski definition) is 0. The summed E-state index contributed by atoms with van der Waals surface area (Å²) in [6, 6.07) is 3.82. The first-order valence-electron chi connectivity index (χ1n) is 10.4. The molecule has 1 aliphatic heterocycles. The Morgan fingerprint density at radius 3 is 2.70 bits per heavy atom. The van der Waals surface area contributed by atoms with Gasteiger partial charge in [-0.25, -0.2) is 0 Å². The molecular formula is C24H24BrNO4. The number of fused-ring (bicyclic) bond motifs is 1. The molecule has 0 aromatic heterocycles. The molecule has 3 aliphatic rings. The summed E-state index contributed by atoms with van der Waals surface area (Å²) in [5.74, 6) is 3.11. The van der Waals surface area contributed by atoms with Crippen LogP contribution in [0.15, 0.2) is 32.9 Å². The molecule has 30 heavy (non-hydrogen) atoms. The number of rotatable bonds is 5. The van der Waals surface area contributed by atoms with Crippen LogP contribution in [-0.2, 0) is 9.59 Å². The number of hydrogen-bond acceptors (Lipinski definition) is 5. The molecule has 156 valence electrons. The van der Waals surface area contributed by atoms with Crippen molar-refractivity contribution in [3.8, 4) is 23.8 Å². The zero-order chi connectivity index (χ0) is 21.3. The van der Waals surface area contributed by atoms with Crippen molar-refractivity contribution in [2.24, 2.45) is 10.9 Å². The van der Waals surface area contributed by atoms with Gasteiger partial charge >= 0.3 is 0 Å². The Morgan fingerprint density at radius 1 is 1.13 bits per heavy atom. The first-order chi connectivity index (χ1) is 14.5. The molecule has 0 radical (unpaired) electrons. The molecule has 5 nitrogen and oxygen atoms in total. The lowest BCUT2D eigenvalue weighted by Gasteiger charge is -2.38. The monoisotopic (exact) mass is 469 g/mol. The minimum Gasteiger partial charge on any atom is -0.490 e. The van der Waals surface area contributed by atoms with E-state index in [-0.39, 0.29) is 30.0 Å². The van der Waals surface area contributed by atoms with Crippen LogP contribution in [0.3, 0.4) is 0 Å². The third-order valence-electron chi connectivity index (χ3n) is 5.90. The van der Waals surface area contributed by atoms with Gasteiger partial charge in [0.2, 0.25) is 0 Å². The van der Waals surface area contributed by atoms with Crippen molar-refractivity contribution in [3.05, 3.63) is 33.4 Å². The molecular weight excluding hydrogens is 446 g/mol. The van der Waals surface area contributed by atoms with Crippen LogP contribution in [0.4, 0.5) is 0 Å². The summed E-state index contributed by atoms with van der Waals surface area (Å²) in [6.07, 6.45) is 9.60. The van der Waals surface area contributed by atoms with Crippen molar-refractivity contribution in [2.75, 3.05) is 13.2 Å². The summed E-state index contributed by atoms with van der Waals surface area (Å²) in [5.41, 5.74) is 3.36. The number of ether oxygens (including phenoxy) is 2. The van der Waals surface area contributed by atoms with Gasteiger partial charge in [0.15, 0.2) is 17.3 Å². The van der Waals surface area contributed by atoms with Gasteiger partial charge in [-0.2, -0.15) is 0 Å². The predicted octanol–water partition coefficient (Wildman–Crippen LogP) is 4.77. The van der Waals surface area contributed by atoms with Crippen LogP contribution >= 0.6 is 15.9 Å². The maximum atomic E-state index is 13.0. The quantitative estimate of drug-likeness (QED) is 0.582. The van der Waals surface area contributed by atoms with Crippen LogP contribution in [0, 0.1) is 18.3 Å². The number of allylic oxidation sites excluding steroid dienone is 2. The van der Waals surface area contributed by atoms with Gasteiger partial charge in [0, 0.05) is 35.7 Å². The lowest BCUT2D eigenvalue weighted by molar-refractivity contribution is -0.122. The molecule has 0 saturated heterocycles. The Kier molecular flexibility index (Phi) is 6.10. The van der Waals surface area contributed by atoms with Crippen LogP contribution in [-0.4, -0.2) is 30.5 Å². The van der Waals surface area contributed by atoms with Crippen LogP contribution in [0.25, 0.3) is 0 Å². The zero-order valence-electron chi connectivity index (χ0n) is 17.0. The number of terminal acetylenes is 1. The summed E-state index contributed by atoms with van der Waals surface area (Å²) >= 11 is 3.58. The van der Waals surface area contributed by atoms with Crippen molar-refractivity contribution >= 4 is 33.2 Å². The number of ketones is 2. The van der Waals surface area contributed by atoms with Crippen molar-refractivity contribution in [1.82, 2.24) is 0 Å². The van der Waals surface area contributed by atoms with Crippen LogP contribution in [0.5, 0.6) is 11.5 Å². The van der Waals surface area contributed by atoms with E-state index in [0.29, 0.717) is 41.0 Å². The van der Waals surface area contributed by atoms with E-state index in [0.717, 1.165) is 42.7 Å². The molecule has 0 amide bonds. The number of benzene rings is 1. The molecule has 1 aromatic carbocycles. The first-order valence-corrected chi connectivity index (χ1v) is 11.2. The second kappa shape index (κ2) is 8.77. The second-order valence-corrected chi connectivity index (χ2v) is 8.63. The highest BCUT2D eigenvalue weighted by Crippen LogP contribution is 2.48. The van der Waals surface area contributed by atoms with E-state index in [9.17, 15) is 9.59 Å². The summed E-state index contributed by atoms with van der Waals surface area (Å²) < 4.78 is 12.2. The minimum atomic E-state index is -0.376. The fraction of sp³-hybridized carbons (Fsp3) is 0.458. The van der Waals surface area contributed by atoms with Crippen molar-refractivity contribution in [2.45, 2.75) is 51.4 Å². The van der Waals surface area contributed by atoms with Gasteiger partial charge < -0.3 is 9.47 Å². The van der Waals surface area contributed by atoms with E-state index in [4.69, 9.17) is 20.9 Å². The first kappa shape index (κ1) is 20.9. The third-order valence-corrected chi connectivity index (χ3v) is 6.49. The number of halogens is 1. The molecule has 6 heteroatoms. The van der Waals surface area contributed by atoms with E-state index >= 15 is 0 Å². The SMILES string of the molecule is C#CCOc1c(Br)cc([C@H]2C3=C(CCCC3=O)N=C3CCCC(=O)[C@H]32)cc1OCC. The normalized spacial score (nSPS) is 23.3. The molecule has 4 rings (SSSR count). The predicted molar refractivity (Wildman–Crippen MR) is 118 cm³/mol. The number of nitrogens with zero attached hydrogens (tertiary/aromatic N) is 1. The van der Waals surface area contributed by atoms with Gasteiger partial charge in [-0.15, -0.1) is 6.42 Å². The standard InChI is InChI=1S/C24H24BrNO4/c1-3-11-30-24-15(25)12-14(13-20(24)29-4-2)21-22-16(7-5-9-18(22)27)26-17-8-6-10-19(28)23(17)21/h1,12-13,21-22H,4-11H2,2H3/t21-,22+/m1/s1. The van der Waals surface area contributed by atoms with Crippen LogP contribution < -0.4 is 9.47 Å². The second-order valence-electron chi connectivity index (χ2n) is 7.77. The van der Waals surface area contributed by atoms with E-state index in [1.807, 2.05) is 19.1 Å². The molecule has 0 unspecified atom stereocenters. The maximum Gasteiger partial charge on any atom is 0.176 e. The van der Waals surface area contributed by atoms with E-state index in [1.165, 1.54) is 0 Å². The molecule has 2 aliphatic carbocycles. The average molecular weight is 470 g/mol. The Bertz CT molecular complexity index is 1000. The summed E-state index contributed by atoms with van der Waals surface area (Å²) in [7, 11) is 0. The highest BCUT2D eigenvalue weighted by Gasteiger charge is 2.44. The Hall–Kier alpha value is -2.39. The molecule has 2 atom stereocenters. The fourth-order valence-electron chi connectivity index (χ4n) is 4.74. The Labute approximate surface area is 185 Å². The molecule has 1 aromatic rings. The number of carbonyl (C=O) groups is 2. The molecule has 1 heterocycles. The Balaban J connectivity index is 1.87. The molecule has 0 N–H and O–H groups in total. The summed E-state index contributed by atoms with van der Waals surface area (Å²) in [4.78, 5) is 30.8. The van der Waals surface area contributed by atoms with Gasteiger partial charge in [-0.3, -0.25) is 14.6 Å². The van der Waals surface area contributed by atoms with Crippen molar-refractivity contribution in [1.29, 1.82) is 0 Å². The van der Waals surface area contributed by atoms with Gasteiger partial charge in [-0.05, 0) is 66.2 Å². The maximum absolute atomic E-state index is 13.0. The minimum absolute atomic E-state index is 0.101. The number of carbonyl (C=O) groups excluding carboxylic acids is 2. The molecule has 1 fully saturated rings. The largest absolute Gasteiger partial charge is 0.490 e. The van der Waals surface area contributed by atoms with Gasteiger partial charge in [0.1, 0.15) is 12.4 Å².